The second-order valence-electron chi connectivity index (χ2n) is 7.27. The number of hydrogen-bond donors (Lipinski definition) is 0. The summed E-state index contributed by atoms with van der Waals surface area (Å²) < 4.78 is 49.6. The zero-order chi connectivity index (χ0) is 25.8. The molecule has 0 radical (unpaired) electrons. The molecular weight excluding hydrogens is 489 g/mol. The van der Waals surface area contributed by atoms with Crippen LogP contribution in [0.15, 0.2) is 66.7 Å². The zero-order valence-corrected chi connectivity index (χ0v) is 18.7. The first-order chi connectivity index (χ1) is 16.5. The molecule has 0 N–H and O–H groups in total. The molecule has 0 aliphatic rings. The lowest BCUT2D eigenvalue weighted by molar-refractivity contribution is -0.386. The number of nitro groups is 1. The Morgan fingerprint density at radius 1 is 1.09 bits per heavy atom. The molecule has 3 aromatic carbocycles. The van der Waals surface area contributed by atoms with Crippen LogP contribution < -0.4 is 9.47 Å². The third kappa shape index (κ3) is 6.07. The SMILES string of the molecule is CC(Oc1cc(Oc2ccc(C(F)(F)F)cc2Cl)ccc1[N+](=O)[O-])C(=O)C(C#N)c1ccccc1. The first-order valence-electron chi connectivity index (χ1n) is 9.99. The maximum absolute atomic E-state index is 12.8. The molecule has 0 aromatic heterocycles. The molecule has 2 unspecified atom stereocenters. The molecule has 7 nitrogen and oxygen atoms in total. The van der Waals surface area contributed by atoms with Gasteiger partial charge in [-0.05, 0) is 36.8 Å². The van der Waals surface area contributed by atoms with Crippen LogP contribution in [0.1, 0.15) is 24.0 Å². The van der Waals surface area contributed by atoms with Crippen LogP contribution in [0, 0.1) is 21.4 Å². The van der Waals surface area contributed by atoms with Crippen LogP contribution in [0.5, 0.6) is 17.2 Å². The van der Waals surface area contributed by atoms with Gasteiger partial charge in [0, 0.05) is 12.1 Å². The lowest BCUT2D eigenvalue weighted by Crippen LogP contribution is -2.29. The number of alkyl halides is 3. The van der Waals surface area contributed by atoms with Crippen molar-refractivity contribution in [3.8, 4) is 23.3 Å². The van der Waals surface area contributed by atoms with Gasteiger partial charge in [0.2, 0.25) is 5.75 Å². The number of nitrogens with zero attached hydrogens (tertiary/aromatic N) is 2. The normalized spacial score (nSPS) is 12.8. The predicted octanol–water partition coefficient (Wildman–Crippen LogP) is 6.70. The predicted molar refractivity (Wildman–Crippen MR) is 120 cm³/mol. The van der Waals surface area contributed by atoms with E-state index in [9.17, 15) is 33.3 Å². The lowest BCUT2D eigenvalue weighted by atomic mass is 9.93. The van der Waals surface area contributed by atoms with E-state index in [0.717, 1.165) is 24.3 Å². The van der Waals surface area contributed by atoms with Crippen molar-refractivity contribution < 1.29 is 32.4 Å². The van der Waals surface area contributed by atoms with Crippen LogP contribution in [-0.2, 0) is 11.0 Å². The Kier molecular flexibility index (Phi) is 7.62. The molecule has 11 heteroatoms. The molecule has 0 spiro atoms. The minimum Gasteiger partial charge on any atom is -0.476 e. The number of nitriles is 1. The molecule has 0 amide bonds. The van der Waals surface area contributed by atoms with E-state index in [4.69, 9.17) is 21.1 Å². The number of benzene rings is 3. The maximum atomic E-state index is 12.8. The fraction of sp³-hybridized carbons (Fsp3) is 0.167. The zero-order valence-electron chi connectivity index (χ0n) is 18.0. The first kappa shape index (κ1) is 25.5. The minimum atomic E-state index is -4.60. The number of halogens is 4. The van der Waals surface area contributed by atoms with E-state index in [2.05, 4.69) is 0 Å². The molecule has 2 atom stereocenters. The second kappa shape index (κ2) is 10.4. The summed E-state index contributed by atoms with van der Waals surface area (Å²) in [5.41, 5.74) is -1.01. The van der Waals surface area contributed by atoms with Gasteiger partial charge in [-0.25, -0.2) is 0 Å². The largest absolute Gasteiger partial charge is 0.476 e. The van der Waals surface area contributed by atoms with Crippen molar-refractivity contribution in [1.29, 1.82) is 5.26 Å². The maximum Gasteiger partial charge on any atom is 0.416 e. The first-order valence-corrected chi connectivity index (χ1v) is 10.4. The molecule has 0 aliphatic carbocycles. The number of rotatable bonds is 8. The third-order valence-electron chi connectivity index (χ3n) is 4.87. The number of Topliss-reactive ketones (excluding diaryl/α,β-unsaturated/α-hetero) is 1. The second-order valence-corrected chi connectivity index (χ2v) is 7.67. The van der Waals surface area contributed by atoms with Gasteiger partial charge in [-0.15, -0.1) is 0 Å². The smallest absolute Gasteiger partial charge is 0.416 e. The van der Waals surface area contributed by atoms with Gasteiger partial charge in [-0.1, -0.05) is 41.9 Å². The van der Waals surface area contributed by atoms with Crippen molar-refractivity contribution in [3.05, 3.63) is 93.0 Å². The van der Waals surface area contributed by atoms with Crippen LogP contribution in [0.3, 0.4) is 0 Å². The number of nitro benzene ring substituents is 1. The van der Waals surface area contributed by atoms with Crippen molar-refractivity contribution in [3.63, 3.8) is 0 Å². The van der Waals surface area contributed by atoms with Gasteiger partial charge >= 0.3 is 11.9 Å². The molecule has 0 saturated heterocycles. The molecular formula is C24H16ClF3N2O5. The van der Waals surface area contributed by atoms with Crippen LogP contribution >= 0.6 is 11.6 Å². The Hall–Kier alpha value is -4.10. The highest BCUT2D eigenvalue weighted by Crippen LogP contribution is 2.39. The van der Waals surface area contributed by atoms with Crippen molar-refractivity contribution in [2.45, 2.75) is 25.1 Å². The van der Waals surface area contributed by atoms with E-state index < -0.39 is 40.2 Å². The molecule has 35 heavy (non-hydrogen) atoms. The Bertz CT molecular complexity index is 1290. The van der Waals surface area contributed by atoms with E-state index in [1.54, 1.807) is 30.3 Å². The molecule has 3 rings (SSSR count). The average Bonchev–Trinajstić information content (AvgIpc) is 2.80. The van der Waals surface area contributed by atoms with Crippen molar-refractivity contribution in [2.24, 2.45) is 0 Å². The van der Waals surface area contributed by atoms with E-state index >= 15 is 0 Å². The van der Waals surface area contributed by atoms with E-state index in [1.165, 1.54) is 13.0 Å². The summed E-state index contributed by atoms with van der Waals surface area (Å²) in [7, 11) is 0. The minimum absolute atomic E-state index is 0.0354. The summed E-state index contributed by atoms with van der Waals surface area (Å²) >= 11 is 5.90. The number of hydrogen-bond acceptors (Lipinski definition) is 6. The average molecular weight is 505 g/mol. The fourth-order valence-corrected chi connectivity index (χ4v) is 3.34. The molecule has 0 bridgehead atoms. The molecule has 0 fully saturated rings. The highest BCUT2D eigenvalue weighted by Gasteiger charge is 2.31. The van der Waals surface area contributed by atoms with E-state index in [1.807, 2.05) is 6.07 Å². The van der Waals surface area contributed by atoms with Gasteiger partial charge < -0.3 is 9.47 Å². The van der Waals surface area contributed by atoms with Gasteiger partial charge in [-0.3, -0.25) is 14.9 Å². The Balaban J connectivity index is 1.86. The van der Waals surface area contributed by atoms with Crippen molar-refractivity contribution in [2.75, 3.05) is 0 Å². The van der Waals surface area contributed by atoms with Gasteiger partial charge in [0.1, 0.15) is 17.4 Å². The molecule has 180 valence electrons. The van der Waals surface area contributed by atoms with Crippen LogP contribution in [-0.4, -0.2) is 16.8 Å². The summed E-state index contributed by atoms with van der Waals surface area (Å²) in [6.07, 6.45) is -5.84. The summed E-state index contributed by atoms with van der Waals surface area (Å²) in [6.45, 7) is 1.35. The van der Waals surface area contributed by atoms with Gasteiger partial charge in [-0.2, -0.15) is 18.4 Å². The molecule has 0 heterocycles. The Morgan fingerprint density at radius 2 is 1.77 bits per heavy atom. The van der Waals surface area contributed by atoms with Crippen molar-refractivity contribution >= 4 is 23.1 Å². The third-order valence-corrected chi connectivity index (χ3v) is 5.16. The monoisotopic (exact) mass is 504 g/mol. The summed E-state index contributed by atoms with van der Waals surface area (Å²) in [4.78, 5) is 23.6. The van der Waals surface area contributed by atoms with Gasteiger partial charge in [0.05, 0.1) is 21.6 Å². The number of ketones is 1. The van der Waals surface area contributed by atoms with Gasteiger partial charge in [0.25, 0.3) is 0 Å². The number of carbonyl (C=O) groups is 1. The van der Waals surface area contributed by atoms with E-state index in [0.29, 0.717) is 11.6 Å². The highest BCUT2D eigenvalue weighted by molar-refractivity contribution is 6.32. The summed E-state index contributed by atoms with van der Waals surface area (Å²) in [5, 5.41) is 20.6. The van der Waals surface area contributed by atoms with Crippen LogP contribution in [0.25, 0.3) is 0 Å². The summed E-state index contributed by atoms with van der Waals surface area (Å²) in [6, 6.07) is 16.0. The number of ether oxygens (including phenoxy) is 2. The fourth-order valence-electron chi connectivity index (χ4n) is 3.12. The van der Waals surface area contributed by atoms with Crippen LogP contribution in [0.2, 0.25) is 5.02 Å². The van der Waals surface area contributed by atoms with E-state index in [-0.39, 0.29) is 22.3 Å². The van der Waals surface area contributed by atoms with Gasteiger partial charge in [0.15, 0.2) is 11.9 Å². The van der Waals surface area contributed by atoms with Crippen molar-refractivity contribution in [1.82, 2.24) is 0 Å². The van der Waals surface area contributed by atoms with Crippen LogP contribution in [0.4, 0.5) is 18.9 Å². The quantitative estimate of drug-likeness (QED) is 0.250. The standard InChI is InChI=1S/C24H16ClF3N2O5/c1-14(23(31)18(13-29)15-5-3-2-4-6-15)34-22-12-17(8-9-20(22)30(32)33)35-21-10-7-16(11-19(21)25)24(26,27)28/h2-12,14,18H,1H3. The topological polar surface area (TPSA) is 102 Å². The highest BCUT2D eigenvalue weighted by atomic mass is 35.5. The number of carbonyl (C=O) groups excluding carboxylic acids is 1. The molecule has 0 aliphatic heterocycles. The lowest BCUT2D eigenvalue weighted by Gasteiger charge is -2.17. The molecule has 3 aromatic rings. The summed E-state index contributed by atoms with van der Waals surface area (Å²) in [5.74, 6) is -2.27. The Morgan fingerprint density at radius 3 is 2.34 bits per heavy atom. The molecule has 0 saturated carbocycles. The Labute approximate surface area is 202 Å².